The summed E-state index contributed by atoms with van der Waals surface area (Å²) in [5.41, 5.74) is 0.765. The number of pyridine rings is 1. The Morgan fingerprint density at radius 2 is 2.05 bits per heavy atom. The van der Waals surface area contributed by atoms with Crippen LogP contribution in [0.4, 0.5) is 14.5 Å². The highest BCUT2D eigenvalue weighted by Gasteiger charge is 2.15. The first-order valence-corrected chi connectivity index (χ1v) is 7.20. The van der Waals surface area contributed by atoms with E-state index in [2.05, 4.69) is 26.2 Å². The molecule has 0 radical (unpaired) electrons. The molecule has 0 aliphatic carbocycles. The van der Waals surface area contributed by atoms with E-state index in [1.165, 1.54) is 6.07 Å². The van der Waals surface area contributed by atoms with Crippen molar-refractivity contribution in [3.8, 4) is 0 Å². The van der Waals surface area contributed by atoms with Crippen molar-refractivity contribution in [1.82, 2.24) is 4.98 Å². The average molecular weight is 376 g/mol. The maximum absolute atomic E-state index is 13.7. The molecule has 0 bridgehead atoms. The number of nitrogens with one attached hydrogen (secondary N) is 1. The van der Waals surface area contributed by atoms with E-state index in [1.807, 2.05) is 6.92 Å². The summed E-state index contributed by atoms with van der Waals surface area (Å²) in [6, 6.07) is 4.70. The molecule has 0 spiro atoms. The number of halogens is 4. The Balaban J connectivity index is 2.32. The van der Waals surface area contributed by atoms with Crippen molar-refractivity contribution in [2.75, 3.05) is 5.32 Å². The Kier molecular flexibility index (Phi) is 4.90. The van der Waals surface area contributed by atoms with Crippen molar-refractivity contribution in [3.05, 3.63) is 56.8 Å². The van der Waals surface area contributed by atoms with Crippen LogP contribution < -0.4 is 5.32 Å². The monoisotopic (exact) mass is 374 g/mol. The molecular formula is C14H10BrClF2N2O. The number of amides is 1. The van der Waals surface area contributed by atoms with Gasteiger partial charge in [-0.2, -0.15) is 0 Å². The molecule has 0 aliphatic heterocycles. The van der Waals surface area contributed by atoms with Crippen LogP contribution in [0.1, 0.15) is 23.0 Å². The summed E-state index contributed by atoms with van der Waals surface area (Å²) < 4.78 is 26.8. The molecule has 110 valence electrons. The first-order chi connectivity index (χ1) is 9.90. The third-order valence-corrected chi connectivity index (χ3v) is 3.54. The van der Waals surface area contributed by atoms with E-state index in [4.69, 9.17) is 11.6 Å². The molecule has 7 heteroatoms. The van der Waals surface area contributed by atoms with Gasteiger partial charge in [0.2, 0.25) is 0 Å². The van der Waals surface area contributed by atoms with Gasteiger partial charge in [0.25, 0.3) is 5.91 Å². The minimum atomic E-state index is -0.869. The fourth-order valence-corrected chi connectivity index (χ4v) is 2.44. The zero-order chi connectivity index (χ0) is 15.6. The van der Waals surface area contributed by atoms with Crippen molar-refractivity contribution >= 4 is 39.1 Å². The fraction of sp³-hybridized carbons (Fsp3) is 0.143. The number of benzene rings is 1. The number of hydrogen-bond donors (Lipinski definition) is 1. The van der Waals surface area contributed by atoms with E-state index in [0.29, 0.717) is 18.2 Å². The van der Waals surface area contributed by atoms with Gasteiger partial charge in [-0.25, -0.2) is 13.8 Å². The van der Waals surface area contributed by atoms with Crippen LogP contribution in [-0.4, -0.2) is 10.9 Å². The van der Waals surface area contributed by atoms with E-state index >= 15 is 0 Å². The highest BCUT2D eigenvalue weighted by Crippen LogP contribution is 2.27. The molecule has 0 aliphatic rings. The number of aromatic nitrogens is 1. The van der Waals surface area contributed by atoms with Gasteiger partial charge in [0.1, 0.15) is 11.0 Å². The summed E-state index contributed by atoms with van der Waals surface area (Å²) in [5, 5.41) is 2.57. The lowest BCUT2D eigenvalue weighted by molar-refractivity contribution is 0.102. The van der Waals surface area contributed by atoms with E-state index in [-0.39, 0.29) is 20.9 Å². The Morgan fingerprint density at radius 3 is 2.67 bits per heavy atom. The summed E-state index contributed by atoms with van der Waals surface area (Å²) in [6.07, 6.45) is 0.607. The molecule has 1 N–H and O–H groups in total. The van der Waals surface area contributed by atoms with Crippen LogP contribution in [0.5, 0.6) is 0 Å². The van der Waals surface area contributed by atoms with E-state index < -0.39 is 17.5 Å². The standard InChI is InChI=1S/C14H10BrClF2N2O/c1-2-9-3-7(4-12(16)19-9)14(21)20-13-10(15)5-8(17)6-11(13)18/h3-6H,2H2,1H3,(H,20,21). The molecule has 2 rings (SSSR count). The lowest BCUT2D eigenvalue weighted by Crippen LogP contribution is -2.14. The van der Waals surface area contributed by atoms with Gasteiger partial charge >= 0.3 is 0 Å². The van der Waals surface area contributed by atoms with Gasteiger partial charge in [-0.05, 0) is 40.5 Å². The number of nitrogens with zero attached hydrogens (tertiary/aromatic N) is 1. The molecule has 21 heavy (non-hydrogen) atoms. The number of rotatable bonds is 3. The Morgan fingerprint density at radius 1 is 1.33 bits per heavy atom. The van der Waals surface area contributed by atoms with E-state index in [1.54, 1.807) is 6.07 Å². The van der Waals surface area contributed by atoms with Crippen molar-refractivity contribution in [2.45, 2.75) is 13.3 Å². The Labute approximate surface area is 133 Å². The smallest absolute Gasteiger partial charge is 0.255 e. The molecule has 1 aromatic heterocycles. The SMILES string of the molecule is CCc1cc(C(=O)Nc2c(F)cc(F)cc2Br)cc(Cl)n1. The third kappa shape index (κ3) is 3.77. The second-order valence-electron chi connectivity index (χ2n) is 4.22. The molecule has 1 amide bonds. The first kappa shape index (κ1) is 15.9. The normalized spacial score (nSPS) is 10.5. The zero-order valence-electron chi connectivity index (χ0n) is 10.9. The predicted octanol–water partition coefficient (Wildman–Crippen LogP) is 4.59. The molecule has 0 saturated heterocycles. The van der Waals surface area contributed by atoms with Gasteiger partial charge < -0.3 is 5.32 Å². The fourth-order valence-electron chi connectivity index (χ4n) is 1.71. The minimum absolute atomic E-state index is 0.115. The summed E-state index contributed by atoms with van der Waals surface area (Å²) >= 11 is 8.84. The summed E-state index contributed by atoms with van der Waals surface area (Å²) in [7, 11) is 0. The van der Waals surface area contributed by atoms with Crippen LogP contribution in [0, 0.1) is 11.6 Å². The summed E-state index contributed by atoms with van der Waals surface area (Å²) in [5.74, 6) is -2.16. The van der Waals surface area contributed by atoms with Crippen molar-refractivity contribution in [3.63, 3.8) is 0 Å². The Hall–Kier alpha value is -1.53. The van der Waals surface area contributed by atoms with Gasteiger partial charge in [-0.3, -0.25) is 4.79 Å². The minimum Gasteiger partial charge on any atom is -0.319 e. The third-order valence-electron chi connectivity index (χ3n) is 2.72. The van der Waals surface area contributed by atoms with Gasteiger partial charge in [0.05, 0.1) is 5.69 Å². The lowest BCUT2D eigenvalue weighted by atomic mass is 10.2. The van der Waals surface area contributed by atoms with Gasteiger partial charge in [-0.15, -0.1) is 0 Å². The van der Waals surface area contributed by atoms with E-state index in [9.17, 15) is 13.6 Å². The highest BCUT2D eigenvalue weighted by molar-refractivity contribution is 9.10. The highest BCUT2D eigenvalue weighted by atomic mass is 79.9. The molecular weight excluding hydrogens is 366 g/mol. The topological polar surface area (TPSA) is 42.0 Å². The molecule has 0 fully saturated rings. The van der Waals surface area contributed by atoms with Crippen molar-refractivity contribution in [1.29, 1.82) is 0 Å². The molecule has 3 nitrogen and oxygen atoms in total. The number of carbonyl (C=O) groups is 1. The zero-order valence-corrected chi connectivity index (χ0v) is 13.2. The molecule has 0 atom stereocenters. The maximum atomic E-state index is 13.7. The quantitative estimate of drug-likeness (QED) is 0.797. The van der Waals surface area contributed by atoms with Crippen LogP contribution in [-0.2, 0) is 6.42 Å². The second kappa shape index (κ2) is 6.49. The van der Waals surface area contributed by atoms with E-state index in [0.717, 1.165) is 6.07 Å². The van der Waals surface area contributed by atoms with Crippen LogP contribution in [0.3, 0.4) is 0 Å². The lowest BCUT2D eigenvalue weighted by Gasteiger charge is -2.10. The maximum Gasteiger partial charge on any atom is 0.255 e. The second-order valence-corrected chi connectivity index (χ2v) is 5.46. The number of carbonyl (C=O) groups excluding carboxylic acids is 1. The summed E-state index contributed by atoms with van der Waals surface area (Å²) in [4.78, 5) is 16.2. The first-order valence-electron chi connectivity index (χ1n) is 6.03. The molecule has 1 aromatic carbocycles. The molecule has 2 aromatic rings. The molecule has 1 heterocycles. The molecule has 0 saturated carbocycles. The van der Waals surface area contributed by atoms with Crippen molar-refractivity contribution in [2.24, 2.45) is 0 Å². The van der Waals surface area contributed by atoms with Crippen LogP contribution in [0.25, 0.3) is 0 Å². The largest absolute Gasteiger partial charge is 0.319 e. The van der Waals surface area contributed by atoms with Crippen LogP contribution in [0.2, 0.25) is 5.15 Å². The van der Waals surface area contributed by atoms with Crippen LogP contribution in [0.15, 0.2) is 28.7 Å². The number of anilines is 1. The van der Waals surface area contributed by atoms with Gasteiger partial charge in [0.15, 0.2) is 5.82 Å². The number of hydrogen-bond acceptors (Lipinski definition) is 2. The Bertz CT molecular complexity index is 686. The molecule has 0 unspecified atom stereocenters. The van der Waals surface area contributed by atoms with Crippen LogP contribution >= 0.6 is 27.5 Å². The summed E-state index contributed by atoms with van der Waals surface area (Å²) in [6.45, 7) is 1.87. The average Bonchev–Trinajstić information content (AvgIpc) is 2.41. The van der Waals surface area contributed by atoms with Gasteiger partial charge in [0, 0.05) is 21.8 Å². The van der Waals surface area contributed by atoms with Crippen molar-refractivity contribution < 1.29 is 13.6 Å². The predicted molar refractivity (Wildman–Crippen MR) is 80.6 cm³/mol. The van der Waals surface area contributed by atoms with Gasteiger partial charge in [-0.1, -0.05) is 18.5 Å². The number of aryl methyl sites for hydroxylation is 1.